The molecule has 3 heteroatoms. The van der Waals surface area contributed by atoms with Gasteiger partial charge in [0.1, 0.15) is 11.3 Å². The lowest BCUT2D eigenvalue weighted by atomic mass is 10.1. The van der Waals surface area contributed by atoms with Gasteiger partial charge in [0, 0.05) is 17.1 Å². The molecule has 0 radical (unpaired) electrons. The van der Waals surface area contributed by atoms with Crippen LogP contribution in [0.25, 0.3) is 22.2 Å². The fourth-order valence-electron chi connectivity index (χ4n) is 1.84. The highest BCUT2D eigenvalue weighted by Crippen LogP contribution is 2.22. The van der Waals surface area contributed by atoms with Crippen LogP contribution in [0.5, 0.6) is 0 Å². The van der Waals surface area contributed by atoms with Crippen molar-refractivity contribution in [2.75, 3.05) is 5.73 Å². The first-order valence-corrected chi connectivity index (χ1v) is 5.41. The number of nitrogens with zero attached hydrogens (tertiary/aromatic N) is 2. The minimum Gasteiger partial charge on any atom is -0.382 e. The number of pyridine rings is 2. The van der Waals surface area contributed by atoms with E-state index in [1.54, 1.807) is 6.20 Å². The predicted molar refractivity (Wildman–Crippen MR) is 69.4 cm³/mol. The summed E-state index contributed by atoms with van der Waals surface area (Å²) in [5.74, 6) is 0.472. The number of nitrogens with two attached hydrogens (primary N) is 1. The van der Waals surface area contributed by atoms with Gasteiger partial charge in [-0.25, -0.2) is 9.97 Å². The highest BCUT2D eigenvalue weighted by molar-refractivity contribution is 5.88. The highest BCUT2D eigenvalue weighted by Gasteiger charge is 2.03. The summed E-state index contributed by atoms with van der Waals surface area (Å²) in [5, 5.41) is 1.01. The zero-order valence-corrected chi connectivity index (χ0v) is 9.17. The SMILES string of the molecule is Nc1nccc2ccc(-c3ccccc3)nc12. The summed E-state index contributed by atoms with van der Waals surface area (Å²) in [6.45, 7) is 0. The second-order valence-electron chi connectivity index (χ2n) is 3.83. The van der Waals surface area contributed by atoms with Gasteiger partial charge in [-0.2, -0.15) is 0 Å². The first kappa shape index (κ1) is 9.78. The number of anilines is 1. The molecule has 2 N–H and O–H groups in total. The van der Waals surface area contributed by atoms with Crippen LogP contribution in [0, 0.1) is 0 Å². The van der Waals surface area contributed by atoms with Crippen molar-refractivity contribution < 1.29 is 0 Å². The Morgan fingerprint density at radius 3 is 2.53 bits per heavy atom. The molecule has 0 aliphatic rings. The Hall–Kier alpha value is -2.42. The largest absolute Gasteiger partial charge is 0.382 e. The summed E-state index contributed by atoms with van der Waals surface area (Å²) in [6, 6.07) is 16.0. The van der Waals surface area contributed by atoms with Crippen molar-refractivity contribution in [3.8, 4) is 11.3 Å². The predicted octanol–water partition coefficient (Wildman–Crippen LogP) is 2.88. The molecule has 0 unspecified atom stereocenters. The zero-order chi connectivity index (χ0) is 11.7. The maximum Gasteiger partial charge on any atom is 0.149 e. The van der Waals surface area contributed by atoms with E-state index >= 15 is 0 Å². The van der Waals surface area contributed by atoms with Crippen molar-refractivity contribution >= 4 is 16.7 Å². The lowest BCUT2D eigenvalue weighted by Gasteiger charge is -2.04. The third-order valence-electron chi connectivity index (χ3n) is 2.71. The van der Waals surface area contributed by atoms with E-state index in [4.69, 9.17) is 5.73 Å². The maximum atomic E-state index is 5.83. The van der Waals surface area contributed by atoms with Gasteiger partial charge >= 0.3 is 0 Å². The molecule has 3 rings (SSSR count). The van der Waals surface area contributed by atoms with Crippen LogP contribution in [-0.4, -0.2) is 9.97 Å². The first-order valence-electron chi connectivity index (χ1n) is 5.41. The number of fused-ring (bicyclic) bond motifs is 1. The zero-order valence-electron chi connectivity index (χ0n) is 9.17. The number of hydrogen-bond donors (Lipinski definition) is 1. The molecule has 0 bridgehead atoms. The van der Waals surface area contributed by atoms with Crippen molar-refractivity contribution in [3.63, 3.8) is 0 Å². The minimum atomic E-state index is 0.472. The third-order valence-corrected chi connectivity index (χ3v) is 2.71. The smallest absolute Gasteiger partial charge is 0.149 e. The van der Waals surface area contributed by atoms with Gasteiger partial charge in [-0.15, -0.1) is 0 Å². The van der Waals surface area contributed by atoms with Gasteiger partial charge in [-0.1, -0.05) is 36.4 Å². The van der Waals surface area contributed by atoms with Crippen molar-refractivity contribution in [1.29, 1.82) is 0 Å². The fourth-order valence-corrected chi connectivity index (χ4v) is 1.84. The molecule has 0 saturated heterocycles. The Morgan fingerprint density at radius 2 is 1.71 bits per heavy atom. The Balaban J connectivity index is 2.23. The Bertz CT molecular complexity index is 663. The number of rotatable bonds is 1. The average Bonchev–Trinajstić information content (AvgIpc) is 2.40. The van der Waals surface area contributed by atoms with E-state index in [1.165, 1.54) is 0 Å². The van der Waals surface area contributed by atoms with Crippen molar-refractivity contribution in [1.82, 2.24) is 9.97 Å². The van der Waals surface area contributed by atoms with E-state index in [1.807, 2.05) is 48.5 Å². The standard InChI is InChI=1S/C14H11N3/c15-14-13-11(8-9-16-14)6-7-12(17-13)10-4-2-1-3-5-10/h1-9H,(H2,15,16). The fraction of sp³-hybridized carbons (Fsp3) is 0. The average molecular weight is 221 g/mol. The van der Waals surface area contributed by atoms with Crippen molar-refractivity contribution in [2.45, 2.75) is 0 Å². The van der Waals surface area contributed by atoms with Crippen LogP contribution >= 0.6 is 0 Å². The Kier molecular flexibility index (Phi) is 2.22. The molecule has 82 valence electrons. The Morgan fingerprint density at radius 1 is 0.882 bits per heavy atom. The van der Waals surface area contributed by atoms with Crippen LogP contribution in [0.4, 0.5) is 5.82 Å². The molecule has 17 heavy (non-hydrogen) atoms. The normalized spacial score (nSPS) is 10.6. The molecule has 0 aliphatic heterocycles. The molecule has 0 fully saturated rings. The minimum absolute atomic E-state index is 0.472. The molecular weight excluding hydrogens is 210 g/mol. The van der Waals surface area contributed by atoms with E-state index in [9.17, 15) is 0 Å². The van der Waals surface area contributed by atoms with E-state index in [2.05, 4.69) is 9.97 Å². The molecule has 2 aromatic heterocycles. The summed E-state index contributed by atoms with van der Waals surface area (Å²) >= 11 is 0. The molecule has 1 aromatic carbocycles. The molecule has 0 saturated carbocycles. The van der Waals surface area contributed by atoms with Gasteiger partial charge in [0.2, 0.25) is 0 Å². The molecule has 0 atom stereocenters. The lowest BCUT2D eigenvalue weighted by Crippen LogP contribution is -1.94. The quantitative estimate of drug-likeness (QED) is 0.687. The second-order valence-corrected chi connectivity index (χ2v) is 3.83. The van der Waals surface area contributed by atoms with Gasteiger partial charge in [-0.05, 0) is 12.1 Å². The topological polar surface area (TPSA) is 51.8 Å². The van der Waals surface area contributed by atoms with Crippen LogP contribution in [0.3, 0.4) is 0 Å². The summed E-state index contributed by atoms with van der Waals surface area (Å²) in [4.78, 5) is 8.61. The molecule has 0 spiro atoms. The van der Waals surface area contributed by atoms with E-state index in [-0.39, 0.29) is 0 Å². The van der Waals surface area contributed by atoms with E-state index < -0.39 is 0 Å². The summed E-state index contributed by atoms with van der Waals surface area (Å²) < 4.78 is 0. The van der Waals surface area contributed by atoms with Crippen molar-refractivity contribution in [3.05, 3.63) is 54.7 Å². The van der Waals surface area contributed by atoms with Crippen molar-refractivity contribution in [2.24, 2.45) is 0 Å². The lowest BCUT2D eigenvalue weighted by molar-refractivity contribution is 1.32. The van der Waals surface area contributed by atoms with Gasteiger partial charge in [-0.3, -0.25) is 0 Å². The number of aromatic nitrogens is 2. The van der Waals surface area contributed by atoms with Crippen LogP contribution in [0.1, 0.15) is 0 Å². The monoisotopic (exact) mass is 221 g/mol. The maximum absolute atomic E-state index is 5.83. The Labute approximate surface area is 98.9 Å². The molecule has 3 aromatic rings. The van der Waals surface area contributed by atoms with E-state index in [0.717, 1.165) is 22.2 Å². The second kappa shape index (κ2) is 3.87. The van der Waals surface area contributed by atoms with Crippen LogP contribution in [-0.2, 0) is 0 Å². The summed E-state index contributed by atoms with van der Waals surface area (Å²) in [5.41, 5.74) is 8.58. The number of hydrogen-bond acceptors (Lipinski definition) is 3. The third kappa shape index (κ3) is 1.72. The summed E-state index contributed by atoms with van der Waals surface area (Å²) in [7, 11) is 0. The van der Waals surface area contributed by atoms with Crippen LogP contribution in [0.2, 0.25) is 0 Å². The molecule has 2 heterocycles. The molecule has 3 nitrogen and oxygen atoms in total. The van der Waals surface area contributed by atoms with Gasteiger partial charge in [0.25, 0.3) is 0 Å². The van der Waals surface area contributed by atoms with E-state index in [0.29, 0.717) is 5.82 Å². The van der Waals surface area contributed by atoms with Crippen LogP contribution < -0.4 is 5.73 Å². The van der Waals surface area contributed by atoms with Gasteiger partial charge < -0.3 is 5.73 Å². The van der Waals surface area contributed by atoms with Crippen LogP contribution in [0.15, 0.2) is 54.7 Å². The molecule has 0 aliphatic carbocycles. The number of benzene rings is 1. The van der Waals surface area contributed by atoms with Gasteiger partial charge in [0.15, 0.2) is 0 Å². The summed E-state index contributed by atoms with van der Waals surface area (Å²) in [6.07, 6.45) is 1.70. The molecule has 0 amide bonds. The van der Waals surface area contributed by atoms with Gasteiger partial charge in [0.05, 0.1) is 5.69 Å². The highest BCUT2D eigenvalue weighted by atomic mass is 14.9. The first-order chi connectivity index (χ1) is 8.34. The number of nitrogen functional groups attached to an aromatic ring is 1. The molecular formula is C14H11N3.